The topological polar surface area (TPSA) is 47.6 Å². The summed E-state index contributed by atoms with van der Waals surface area (Å²) in [4.78, 5) is 12.6. The van der Waals surface area contributed by atoms with Gasteiger partial charge in [0.2, 0.25) is 0 Å². The van der Waals surface area contributed by atoms with Crippen molar-refractivity contribution in [2.24, 2.45) is 0 Å². The molecule has 18 heavy (non-hydrogen) atoms. The molecule has 3 rings (SSSR count). The second-order valence-corrected chi connectivity index (χ2v) is 5.31. The van der Waals surface area contributed by atoms with Crippen LogP contribution < -0.4 is 14.8 Å². The first-order valence-electron chi connectivity index (χ1n) is 5.74. The lowest BCUT2D eigenvalue weighted by Crippen LogP contribution is -2.29. The zero-order chi connectivity index (χ0) is 12.7. The van der Waals surface area contributed by atoms with Crippen molar-refractivity contribution >= 4 is 27.3 Å². The fraction of sp³-hybridized carbons (Fsp3) is 0.308. The number of hydrogen-bond donors (Lipinski definition) is 1. The molecule has 1 aliphatic heterocycles. The highest BCUT2D eigenvalue weighted by atomic mass is 32.1. The molecule has 0 radical (unpaired) electrons. The lowest BCUT2D eigenvalue weighted by atomic mass is 10.2. The summed E-state index contributed by atoms with van der Waals surface area (Å²) in [6, 6.07) is 5.75. The summed E-state index contributed by atoms with van der Waals surface area (Å²) in [5, 5.41) is 3.80. The summed E-state index contributed by atoms with van der Waals surface area (Å²) in [7, 11) is 1.63. The number of amides is 1. The van der Waals surface area contributed by atoms with Crippen LogP contribution in [-0.2, 0) is 0 Å². The average molecular weight is 263 g/mol. The highest BCUT2D eigenvalue weighted by Crippen LogP contribution is 2.40. The molecule has 1 N–H and O–H groups in total. The Morgan fingerprint density at radius 3 is 3.11 bits per heavy atom. The van der Waals surface area contributed by atoms with Crippen molar-refractivity contribution in [3.05, 3.63) is 23.1 Å². The molecule has 2 aromatic rings. The minimum atomic E-state index is -0.0606. The summed E-state index contributed by atoms with van der Waals surface area (Å²) >= 11 is 1.45. The number of fused-ring (bicyclic) bond motifs is 3. The number of hydrogen-bond acceptors (Lipinski definition) is 4. The van der Waals surface area contributed by atoms with E-state index in [-0.39, 0.29) is 12.0 Å². The third-order valence-corrected chi connectivity index (χ3v) is 4.08. The Morgan fingerprint density at radius 1 is 1.50 bits per heavy atom. The van der Waals surface area contributed by atoms with Crippen LogP contribution in [0.3, 0.4) is 0 Å². The SMILES string of the molecule is COc1ccc2sc3c(c2c1)OC(C)CNC3=O. The first kappa shape index (κ1) is 11.3. The zero-order valence-corrected chi connectivity index (χ0v) is 11.0. The van der Waals surface area contributed by atoms with Crippen molar-refractivity contribution in [3.63, 3.8) is 0 Å². The molecule has 1 unspecified atom stereocenters. The number of rotatable bonds is 1. The quantitative estimate of drug-likeness (QED) is 0.859. The van der Waals surface area contributed by atoms with Gasteiger partial charge in [-0.05, 0) is 25.1 Å². The van der Waals surface area contributed by atoms with Gasteiger partial charge in [0.25, 0.3) is 5.91 Å². The molecule has 1 aliphatic rings. The van der Waals surface area contributed by atoms with E-state index in [0.29, 0.717) is 17.2 Å². The van der Waals surface area contributed by atoms with E-state index in [9.17, 15) is 4.79 Å². The van der Waals surface area contributed by atoms with E-state index in [2.05, 4.69) is 5.32 Å². The zero-order valence-electron chi connectivity index (χ0n) is 10.1. The van der Waals surface area contributed by atoms with Gasteiger partial charge in [0.15, 0.2) is 5.75 Å². The van der Waals surface area contributed by atoms with Gasteiger partial charge in [0.1, 0.15) is 16.7 Å². The molecule has 94 valence electrons. The number of thiophene rings is 1. The van der Waals surface area contributed by atoms with Gasteiger partial charge < -0.3 is 14.8 Å². The lowest BCUT2D eigenvalue weighted by molar-refractivity contribution is 0.0955. The minimum absolute atomic E-state index is 0.0285. The summed E-state index contributed by atoms with van der Waals surface area (Å²) in [6.07, 6.45) is -0.0285. The van der Waals surface area contributed by atoms with E-state index >= 15 is 0 Å². The summed E-state index contributed by atoms with van der Waals surface area (Å²) < 4.78 is 12.1. The van der Waals surface area contributed by atoms with Crippen LogP contribution in [0.5, 0.6) is 11.5 Å². The van der Waals surface area contributed by atoms with E-state index in [0.717, 1.165) is 15.8 Å². The van der Waals surface area contributed by atoms with Gasteiger partial charge in [-0.1, -0.05) is 0 Å². The van der Waals surface area contributed by atoms with Gasteiger partial charge in [-0.15, -0.1) is 11.3 Å². The highest BCUT2D eigenvalue weighted by molar-refractivity contribution is 7.21. The molecule has 1 amide bonds. The molecule has 0 fully saturated rings. The molecule has 0 saturated carbocycles. The molecule has 1 aromatic carbocycles. The van der Waals surface area contributed by atoms with Gasteiger partial charge in [0, 0.05) is 10.1 Å². The van der Waals surface area contributed by atoms with Crippen LogP contribution in [0.2, 0.25) is 0 Å². The Kier molecular flexibility index (Phi) is 2.63. The van der Waals surface area contributed by atoms with Crippen LogP contribution in [0.1, 0.15) is 16.6 Å². The van der Waals surface area contributed by atoms with Crippen LogP contribution in [-0.4, -0.2) is 25.7 Å². The van der Waals surface area contributed by atoms with Gasteiger partial charge >= 0.3 is 0 Å². The summed E-state index contributed by atoms with van der Waals surface area (Å²) in [6.45, 7) is 2.48. The van der Waals surface area contributed by atoms with Gasteiger partial charge in [-0.25, -0.2) is 0 Å². The molecule has 0 saturated heterocycles. The van der Waals surface area contributed by atoms with E-state index in [1.807, 2.05) is 25.1 Å². The Hall–Kier alpha value is -1.75. The van der Waals surface area contributed by atoms with Crippen molar-refractivity contribution in [2.75, 3.05) is 13.7 Å². The van der Waals surface area contributed by atoms with E-state index in [1.165, 1.54) is 11.3 Å². The maximum absolute atomic E-state index is 12.0. The van der Waals surface area contributed by atoms with Crippen molar-refractivity contribution in [1.82, 2.24) is 5.32 Å². The Morgan fingerprint density at radius 2 is 2.33 bits per heavy atom. The first-order chi connectivity index (χ1) is 8.69. The molecule has 0 spiro atoms. The van der Waals surface area contributed by atoms with Crippen LogP contribution in [0.4, 0.5) is 0 Å². The molecule has 2 heterocycles. The number of carbonyl (C=O) groups is 1. The molecule has 1 atom stereocenters. The second-order valence-electron chi connectivity index (χ2n) is 4.26. The number of benzene rings is 1. The number of methoxy groups -OCH3 is 1. The molecule has 0 bridgehead atoms. The number of ether oxygens (including phenoxy) is 2. The smallest absolute Gasteiger partial charge is 0.265 e. The molecule has 5 heteroatoms. The van der Waals surface area contributed by atoms with Crippen LogP contribution in [0.15, 0.2) is 18.2 Å². The number of carbonyl (C=O) groups excluding carboxylic acids is 1. The molecule has 4 nitrogen and oxygen atoms in total. The van der Waals surface area contributed by atoms with Crippen LogP contribution in [0.25, 0.3) is 10.1 Å². The van der Waals surface area contributed by atoms with Gasteiger partial charge in [-0.3, -0.25) is 4.79 Å². The maximum atomic E-state index is 12.0. The molecular weight excluding hydrogens is 250 g/mol. The third-order valence-electron chi connectivity index (χ3n) is 2.92. The van der Waals surface area contributed by atoms with Crippen molar-refractivity contribution in [2.45, 2.75) is 13.0 Å². The Bertz CT molecular complexity index is 620. The maximum Gasteiger partial charge on any atom is 0.265 e. The molecular formula is C13H13NO3S. The Balaban J connectivity index is 2.23. The normalized spacial score (nSPS) is 18.8. The molecule has 1 aromatic heterocycles. The second kappa shape index (κ2) is 4.17. The van der Waals surface area contributed by atoms with E-state index in [4.69, 9.17) is 9.47 Å². The first-order valence-corrected chi connectivity index (χ1v) is 6.56. The fourth-order valence-corrected chi connectivity index (χ4v) is 3.04. The summed E-state index contributed by atoms with van der Waals surface area (Å²) in [5.74, 6) is 1.38. The Labute approximate surface area is 109 Å². The third kappa shape index (κ3) is 1.71. The van der Waals surface area contributed by atoms with Gasteiger partial charge in [0.05, 0.1) is 13.7 Å². The standard InChI is InChI=1S/C13H13NO3S/c1-7-6-14-13(15)12-11(17-7)9-5-8(16-2)3-4-10(9)18-12/h3-5,7H,6H2,1-2H3,(H,14,15). The highest BCUT2D eigenvalue weighted by Gasteiger charge is 2.25. The minimum Gasteiger partial charge on any atom is -0.497 e. The monoisotopic (exact) mass is 263 g/mol. The largest absolute Gasteiger partial charge is 0.497 e. The van der Waals surface area contributed by atoms with Crippen molar-refractivity contribution in [1.29, 1.82) is 0 Å². The van der Waals surface area contributed by atoms with E-state index < -0.39 is 0 Å². The fourth-order valence-electron chi connectivity index (χ4n) is 2.01. The average Bonchev–Trinajstić information content (AvgIpc) is 2.67. The predicted octanol–water partition coefficient (Wildman–Crippen LogP) is 2.42. The lowest BCUT2D eigenvalue weighted by Gasteiger charge is -2.10. The van der Waals surface area contributed by atoms with E-state index in [1.54, 1.807) is 7.11 Å². The van der Waals surface area contributed by atoms with Crippen LogP contribution in [0, 0.1) is 0 Å². The van der Waals surface area contributed by atoms with Crippen molar-refractivity contribution < 1.29 is 14.3 Å². The van der Waals surface area contributed by atoms with Crippen molar-refractivity contribution in [3.8, 4) is 11.5 Å². The molecule has 0 aliphatic carbocycles. The predicted molar refractivity (Wildman–Crippen MR) is 70.8 cm³/mol. The van der Waals surface area contributed by atoms with Crippen LogP contribution >= 0.6 is 11.3 Å². The number of nitrogens with one attached hydrogen (secondary N) is 1. The van der Waals surface area contributed by atoms with Gasteiger partial charge in [-0.2, -0.15) is 0 Å². The summed E-state index contributed by atoms with van der Waals surface area (Å²) in [5.41, 5.74) is 0.